The quantitative estimate of drug-likeness (QED) is 0.659. The van der Waals surface area contributed by atoms with Crippen molar-refractivity contribution >= 4 is 23.1 Å². The second kappa shape index (κ2) is 5.47. The van der Waals surface area contributed by atoms with Crippen LogP contribution in [0, 0.1) is 22.9 Å². The fourth-order valence-corrected chi connectivity index (χ4v) is 1.58. The Bertz CT molecular complexity index is 662. The van der Waals surface area contributed by atoms with E-state index in [1.54, 1.807) is 20.0 Å². The summed E-state index contributed by atoms with van der Waals surface area (Å²) in [6.45, 7) is 1.76. The summed E-state index contributed by atoms with van der Waals surface area (Å²) in [5, 5.41) is 16.4. The fourth-order valence-electron chi connectivity index (χ4n) is 1.58. The maximum atomic E-state index is 13.2. The van der Waals surface area contributed by atoms with E-state index in [1.807, 2.05) is 0 Å². The average molecular weight is 277 g/mol. The zero-order chi connectivity index (χ0) is 14.7. The second-order valence-electron chi connectivity index (χ2n) is 4.02. The molecule has 1 aromatic heterocycles. The smallest absolute Gasteiger partial charge is 0.329 e. The number of halogens is 1. The normalized spacial score (nSPS) is 10.2. The third kappa shape index (κ3) is 2.79. The van der Waals surface area contributed by atoms with E-state index in [1.165, 1.54) is 12.1 Å². The van der Waals surface area contributed by atoms with Crippen molar-refractivity contribution in [3.05, 3.63) is 45.9 Å². The Labute approximate surface area is 114 Å². The maximum absolute atomic E-state index is 13.2. The highest BCUT2D eigenvalue weighted by molar-refractivity contribution is 5.68. The molecular formula is C12H12FN5O2. The Morgan fingerprint density at radius 2 is 2.15 bits per heavy atom. The number of nitro groups is 1. The number of nitrogens with zero attached hydrogens (tertiary/aromatic N) is 3. The van der Waals surface area contributed by atoms with Gasteiger partial charge in [-0.3, -0.25) is 10.1 Å². The minimum absolute atomic E-state index is 0.00282. The van der Waals surface area contributed by atoms with Gasteiger partial charge in [-0.25, -0.2) is 9.37 Å². The van der Waals surface area contributed by atoms with E-state index in [-0.39, 0.29) is 17.5 Å². The van der Waals surface area contributed by atoms with E-state index in [0.717, 1.165) is 11.8 Å². The first kappa shape index (κ1) is 13.7. The minimum atomic E-state index is -0.601. The van der Waals surface area contributed by atoms with Crippen LogP contribution in [-0.2, 0) is 0 Å². The lowest BCUT2D eigenvalue weighted by atomic mass is 10.2. The molecule has 1 aromatic carbocycles. The lowest BCUT2D eigenvalue weighted by Crippen LogP contribution is -2.05. The predicted octanol–water partition coefficient (Wildman–Crippen LogP) is 2.62. The van der Waals surface area contributed by atoms with Gasteiger partial charge in [0.05, 0.1) is 4.92 Å². The van der Waals surface area contributed by atoms with E-state index < -0.39 is 10.7 Å². The van der Waals surface area contributed by atoms with E-state index in [9.17, 15) is 14.5 Å². The molecule has 2 N–H and O–H groups in total. The molecule has 0 radical (unpaired) electrons. The topological polar surface area (TPSA) is 93.0 Å². The molecule has 104 valence electrons. The monoisotopic (exact) mass is 277 g/mol. The first-order chi connectivity index (χ1) is 9.51. The molecule has 0 saturated heterocycles. The summed E-state index contributed by atoms with van der Waals surface area (Å²) in [4.78, 5) is 18.1. The van der Waals surface area contributed by atoms with Crippen molar-refractivity contribution < 1.29 is 9.31 Å². The van der Waals surface area contributed by atoms with Gasteiger partial charge < -0.3 is 10.6 Å². The lowest BCUT2D eigenvalue weighted by molar-refractivity contribution is -0.384. The first-order valence-corrected chi connectivity index (χ1v) is 5.73. The van der Waals surface area contributed by atoms with E-state index in [2.05, 4.69) is 20.6 Å². The van der Waals surface area contributed by atoms with Crippen LogP contribution in [0.25, 0.3) is 0 Å². The largest absolute Gasteiger partial charge is 0.357 e. The highest BCUT2D eigenvalue weighted by Crippen LogP contribution is 2.27. The number of benzene rings is 1. The summed E-state index contributed by atoms with van der Waals surface area (Å²) in [5.41, 5.74) is 0.867. The molecular weight excluding hydrogens is 265 g/mol. The Kier molecular flexibility index (Phi) is 3.74. The second-order valence-corrected chi connectivity index (χ2v) is 4.02. The number of rotatable bonds is 4. The molecule has 0 aliphatic heterocycles. The first-order valence-electron chi connectivity index (χ1n) is 5.73. The number of aryl methyl sites for hydroxylation is 1. The molecule has 0 atom stereocenters. The van der Waals surface area contributed by atoms with Crippen LogP contribution < -0.4 is 10.6 Å². The molecule has 20 heavy (non-hydrogen) atoms. The Morgan fingerprint density at radius 3 is 2.80 bits per heavy atom. The van der Waals surface area contributed by atoms with Crippen LogP contribution in [0.2, 0.25) is 0 Å². The summed E-state index contributed by atoms with van der Waals surface area (Å²) < 4.78 is 13.2. The summed E-state index contributed by atoms with van der Waals surface area (Å²) in [7, 11) is 1.60. The van der Waals surface area contributed by atoms with Crippen LogP contribution >= 0.6 is 0 Å². The highest BCUT2D eigenvalue weighted by atomic mass is 19.1. The minimum Gasteiger partial charge on any atom is -0.357 e. The molecule has 0 amide bonds. The zero-order valence-electron chi connectivity index (χ0n) is 10.8. The molecule has 0 spiro atoms. The van der Waals surface area contributed by atoms with Gasteiger partial charge in [0.25, 0.3) is 0 Å². The van der Waals surface area contributed by atoms with E-state index >= 15 is 0 Å². The molecule has 0 unspecified atom stereocenters. The van der Waals surface area contributed by atoms with Crippen LogP contribution in [0.5, 0.6) is 0 Å². The van der Waals surface area contributed by atoms with Gasteiger partial charge >= 0.3 is 5.69 Å². The molecule has 0 aliphatic carbocycles. The molecule has 0 aliphatic rings. The third-order valence-corrected chi connectivity index (χ3v) is 2.64. The Balaban J connectivity index is 2.45. The molecule has 0 saturated carbocycles. The number of aromatic nitrogens is 2. The average Bonchev–Trinajstić information content (AvgIpc) is 2.42. The standard InChI is InChI=1S/C12H12FN5O2/c1-7-3-4-8(13)5-9(7)16-11-10(18(19)20)6-15-12(14-2)17-11/h3-6H,1-2H3,(H2,14,15,16,17). The van der Waals surface area contributed by atoms with Crippen molar-refractivity contribution in [1.82, 2.24) is 9.97 Å². The van der Waals surface area contributed by atoms with E-state index in [4.69, 9.17) is 0 Å². The van der Waals surface area contributed by atoms with Crippen molar-refractivity contribution in [3.8, 4) is 0 Å². The van der Waals surface area contributed by atoms with Crippen molar-refractivity contribution in [3.63, 3.8) is 0 Å². The molecule has 2 rings (SSSR count). The summed E-state index contributed by atoms with van der Waals surface area (Å²) in [6, 6.07) is 4.14. The van der Waals surface area contributed by atoms with E-state index in [0.29, 0.717) is 5.69 Å². The van der Waals surface area contributed by atoms with Crippen LogP contribution in [0.1, 0.15) is 5.56 Å². The van der Waals surface area contributed by atoms with Gasteiger partial charge in [0, 0.05) is 12.7 Å². The molecule has 2 aromatic rings. The number of hydrogen-bond acceptors (Lipinski definition) is 6. The molecule has 0 fully saturated rings. The number of hydrogen-bond donors (Lipinski definition) is 2. The molecule has 8 heteroatoms. The predicted molar refractivity (Wildman–Crippen MR) is 72.7 cm³/mol. The molecule has 1 heterocycles. The van der Waals surface area contributed by atoms with Crippen molar-refractivity contribution in [2.24, 2.45) is 0 Å². The summed E-state index contributed by atoms with van der Waals surface area (Å²) in [6.07, 6.45) is 1.09. The number of nitrogens with one attached hydrogen (secondary N) is 2. The van der Waals surface area contributed by atoms with Crippen molar-refractivity contribution in [1.29, 1.82) is 0 Å². The van der Waals surface area contributed by atoms with Crippen molar-refractivity contribution in [2.45, 2.75) is 6.92 Å². The van der Waals surface area contributed by atoms with Gasteiger partial charge in [0.15, 0.2) is 0 Å². The number of anilines is 3. The zero-order valence-corrected chi connectivity index (χ0v) is 10.8. The summed E-state index contributed by atoms with van der Waals surface area (Å²) >= 11 is 0. The van der Waals surface area contributed by atoms with Crippen LogP contribution in [0.15, 0.2) is 24.4 Å². The SMILES string of the molecule is CNc1ncc([N+](=O)[O-])c(Nc2cc(F)ccc2C)n1. The van der Waals surface area contributed by atoms with Gasteiger partial charge in [-0.2, -0.15) is 4.98 Å². The van der Waals surface area contributed by atoms with Gasteiger partial charge in [0.1, 0.15) is 12.0 Å². The van der Waals surface area contributed by atoms with Crippen molar-refractivity contribution in [2.75, 3.05) is 17.7 Å². The van der Waals surface area contributed by atoms with Crippen LogP contribution in [0.4, 0.5) is 27.5 Å². The van der Waals surface area contributed by atoms with Crippen LogP contribution in [-0.4, -0.2) is 21.9 Å². The fraction of sp³-hybridized carbons (Fsp3) is 0.167. The van der Waals surface area contributed by atoms with Gasteiger partial charge in [-0.15, -0.1) is 0 Å². The highest BCUT2D eigenvalue weighted by Gasteiger charge is 2.18. The third-order valence-electron chi connectivity index (χ3n) is 2.64. The molecule has 0 bridgehead atoms. The van der Waals surface area contributed by atoms with Gasteiger partial charge in [0.2, 0.25) is 11.8 Å². The molecule has 7 nitrogen and oxygen atoms in total. The summed E-state index contributed by atoms with van der Waals surface area (Å²) in [5.74, 6) is -0.209. The van der Waals surface area contributed by atoms with Gasteiger partial charge in [-0.1, -0.05) is 6.07 Å². The Hall–Kier alpha value is -2.77. The van der Waals surface area contributed by atoms with Crippen LogP contribution in [0.3, 0.4) is 0 Å². The maximum Gasteiger partial charge on any atom is 0.329 e. The van der Waals surface area contributed by atoms with Gasteiger partial charge in [-0.05, 0) is 24.6 Å². The Morgan fingerprint density at radius 1 is 1.40 bits per heavy atom. The lowest BCUT2D eigenvalue weighted by Gasteiger charge is -2.10.